The second-order valence-corrected chi connectivity index (χ2v) is 5.09. The summed E-state index contributed by atoms with van der Waals surface area (Å²) < 4.78 is 20.8. The molecule has 1 atom stereocenters. The third-order valence-electron chi connectivity index (χ3n) is 3.33. The number of para-hydroxylation sites is 1. The molecular weight excluding hydrogens is 285 g/mol. The van der Waals surface area contributed by atoms with E-state index in [4.69, 9.17) is 4.74 Å². The summed E-state index contributed by atoms with van der Waals surface area (Å²) in [5.41, 5.74) is 1.20. The maximum absolute atomic E-state index is 13.6. The van der Waals surface area contributed by atoms with Gasteiger partial charge in [0.2, 0.25) is 0 Å². The largest absolute Gasteiger partial charge is 0.486 e. The van der Waals surface area contributed by atoms with Crippen LogP contribution in [0.5, 0.6) is 5.75 Å². The summed E-state index contributed by atoms with van der Waals surface area (Å²) in [5.74, 6) is -0.419. The lowest BCUT2D eigenvalue weighted by molar-refractivity contribution is 0.0924. The molecule has 0 fully saturated rings. The Balaban J connectivity index is 1.95. The van der Waals surface area contributed by atoms with Gasteiger partial charge in [-0.15, -0.1) is 0 Å². The van der Waals surface area contributed by atoms with Crippen LogP contribution in [0.15, 0.2) is 30.5 Å². The summed E-state index contributed by atoms with van der Waals surface area (Å²) in [4.78, 5) is 12.1. The number of nitrogens with one attached hydrogen (secondary N) is 1. The van der Waals surface area contributed by atoms with Crippen molar-refractivity contribution in [2.75, 3.05) is 6.54 Å². The number of ether oxygens (including phenoxy) is 1. The zero-order valence-corrected chi connectivity index (χ0v) is 13.0. The topological polar surface area (TPSA) is 56.2 Å². The van der Waals surface area contributed by atoms with Gasteiger partial charge in [-0.2, -0.15) is 5.10 Å². The van der Waals surface area contributed by atoms with Crippen molar-refractivity contribution in [1.29, 1.82) is 0 Å². The Morgan fingerprint density at radius 2 is 2.18 bits per heavy atom. The van der Waals surface area contributed by atoms with Crippen molar-refractivity contribution in [2.45, 2.75) is 26.4 Å². The maximum atomic E-state index is 13.6. The molecule has 0 aliphatic heterocycles. The molecule has 5 nitrogen and oxygen atoms in total. The highest BCUT2D eigenvalue weighted by Crippen LogP contribution is 2.17. The number of benzene rings is 1. The molecule has 0 bridgehead atoms. The zero-order chi connectivity index (χ0) is 16.1. The third-order valence-corrected chi connectivity index (χ3v) is 3.33. The fraction of sp³-hybridized carbons (Fsp3) is 0.375. The lowest BCUT2D eigenvalue weighted by atomic mass is 10.2. The summed E-state index contributed by atoms with van der Waals surface area (Å²) in [6, 6.07) is 6.24. The number of rotatable bonds is 6. The quantitative estimate of drug-likeness (QED) is 0.892. The SMILES string of the molecule is CC[C@H](CNC(=O)c1cn(C)nc1C)Oc1ccccc1F. The van der Waals surface area contributed by atoms with E-state index in [1.165, 1.54) is 6.07 Å². The van der Waals surface area contributed by atoms with Crippen molar-refractivity contribution in [3.05, 3.63) is 47.5 Å². The number of amides is 1. The van der Waals surface area contributed by atoms with Crippen LogP contribution in [0.3, 0.4) is 0 Å². The highest BCUT2D eigenvalue weighted by molar-refractivity contribution is 5.95. The van der Waals surface area contributed by atoms with E-state index in [0.717, 1.165) is 0 Å². The van der Waals surface area contributed by atoms with Crippen molar-refractivity contribution in [2.24, 2.45) is 7.05 Å². The minimum Gasteiger partial charge on any atom is -0.486 e. The molecule has 0 unspecified atom stereocenters. The van der Waals surface area contributed by atoms with Gasteiger partial charge in [0, 0.05) is 13.2 Å². The Hall–Kier alpha value is -2.37. The van der Waals surface area contributed by atoms with E-state index < -0.39 is 5.82 Å². The summed E-state index contributed by atoms with van der Waals surface area (Å²) in [6.07, 6.45) is 2.03. The first-order valence-electron chi connectivity index (χ1n) is 7.21. The van der Waals surface area contributed by atoms with Gasteiger partial charge in [-0.05, 0) is 25.5 Å². The summed E-state index contributed by atoms with van der Waals surface area (Å²) in [6.45, 7) is 4.01. The number of aryl methyl sites for hydroxylation is 2. The van der Waals surface area contributed by atoms with Gasteiger partial charge in [0.1, 0.15) is 6.10 Å². The molecule has 2 aromatic rings. The molecular formula is C16H20FN3O2. The smallest absolute Gasteiger partial charge is 0.254 e. The van der Waals surface area contributed by atoms with E-state index >= 15 is 0 Å². The number of hydrogen-bond donors (Lipinski definition) is 1. The number of carbonyl (C=O) groups is 1. The molecule has 6 heteroatoms. The Morgan fingerprint density at radius 3 is 2.77 bits per heavy atom. The molecule has 1 aromatic carbocycles. The van der Waals surface area contributed by atoms with E-state index in [9.17, 15) is 9.18 Å². The van der Waals surface area contributed by atoms with Gasteiger partial charge in [0.25, 0.3) is 5.91 Å². The number of carbonyl (C=O) groups excluding carboxylic acids is 1. The van der Waals surface area contributed by atoms with Crippen molar-refractivity contribution in [3.8, 4) is 5.75 Å². The number of nitrogens with zero attached hydrogens (tertiary/aromatic N) is 2. The van der Waals surface area contributed by atoms with Crippen LogP contribution in [0.2, 0.25) is 0 Å². The number of halogens is 1. The Labute approximate surface area is 129 Å². The van der Waals surface area contributed by atoms with Crippen molar-refractivity contribution in [1.82, 2.24) is 15.1 Å². The minimum absolute atomic E-state index is 0.196. The summed E-state index contributed by atoms with van der Waals surface area (Å²) in [5, 5.41) is 6.94. The molecule has 118 valence electrons. The number of hydrogen-bond acceptors (Lipinski definition) is 3. The maximum Gasteiger partial charge on any atom is 0.254 e. The standard InChI is InChI=1S/C16H20FN3O2/c1-4-12(22-15-8-6-5-7-14(15)17)9-18-16(21)13-10-20(3)19-11(13)2/h5-8,10,12H,4,9H2,1-3H3,(H,18,21)/t12-/m1/s1. The molecule has 1 aromatic heterocycles. The highest BCUT2D eigenvalue weighted by atomic mass is 19.1. The van der Waals surface area contributed by atoms with Gasteiger partial charge >= 0.3 is 0 Å². The molecule has 1 amide bonds. The van der Waals surface area contributed by atoms with Crippen LogP contribution in [-0.4, -0.2) is 28.3 Å². The first-order chi connectivity index (χ1) is 10.5. The minimum atomic E-state index is -0.407. The second-order valence-electron chi connectivity index (χ2n) is 5.09. The fourth-order valence-corrected chi connectivity index (χ4v) is 2.11. The average Bonchev–Trinajstić information content (AvgIpc) is 2.83. The molecule has 0 radical (unpaired) electrons. The average molecular weight is 305 g/mol. The van der Waals surface area contributed by atoms with E-state index in [-0.39, 0.29) is 17.8 Å². The van der Waals surface area contributed by atoms with E-state index in [1.807, 2.05) is 6.92 Å². The lowest BCUT2D eigenvalue weighted by Gasteiger charge is -2.18. The molecule has 2 rings (SSSR count). The van der Waals surface area contributed by atoms with Gasteiger partial charge in [-0.3, -0.25) is 9.48 Å². The van der Waals surface area contributed by atoms with Crippen LogP contribution in [0, 0.1) is 12.7 Å². The first kappa shape index (κ1) is 16.0. The van der Waals surface area contributed by atoms with Crippen LogP contribution < -0.4 is 10.1 Å². The molecule has 0 aliphatic carbocycles. The molecule has 0 saturated carbocycles. The summed E-state index contributed by atoms with van der Waals surface area (Å²) >= 11 is 0. The Morgan fingerprint density at radius 1 is 1.45 bits per heavy atom. The molecule has 0 spiro atoms. The molecule has 1 heterocycles. The lowest BCUT2D eigenvalue weighted by Crippen LogP contribution is -2.35. The van der Waals surface area contributed by atoms with Gasteiger partial charge in [0.15, 0.2) is 11.6 Å². The predicted molar refractivity (Wildman–Crippen MR) is 81.4 cm³/mol. The van der Waals surface area contributed by atoms with Gasteiger partial charge in [-0.25, -0.2) is 4.39 Å². The van der Waals surface area contributed by atoms with Crippen molar-refractivity contribution in [3.63, 3.8) is 0 Å². The van der Waals surface area contributed by atoms with E-state index in [1.54, 1.807) is 43.0 Å². The Bertz CT molecular complexity index is 655. The third kappa shape index (κ3) is 3.84. The molecule has 22 heavy (non-hydrogen) atoms. The van der Waals surface area contributed by atoms with E-state index in [2.05, 4.69) is 10.4 Å². The molecule has 1 N–H and O–H groups in total. The van der Waals surface area contributed by atoms with E-state index in [0.29, 0.717) is 24.2 Å². The summed E-state index contributed by atoms with van der Waals surface area (Å²) in [7, 11) is 1.76. The van der Waals surface area contributed by atoms with Gasteiger partial charge < -0.3 is 10.1 Å². The van der Waals surface area contributed by atoms with Crippen LogP contribution in [-0.2, 0) is 7.05 Å². The number of aromatic nitrogens is 2. The van der Waals surface area contributed by atoms with Crippen LogP contribution in [0.4, 0.5) is 4.39 Å². The monoisotopic (exact) mass is 305 g/mol. The highest BCUT2D eigenvalue weighted by Gasteiger charge is 2.16. The van der Waals surface area contributed by atoms with Crippen LogP contribution in [0.1, 0.15) is 29.4 Å². The predicted octanol–water partition coefficient (Wildman–Crippen LogP) is 2.46. The normalized spacial score (nSPS) is 12.0. The second kappa shape index (κ2) is 7.06. The van der Waals surface area contributed by atoms with Crippen LogP contribution >= 0.6 is 0 Å². The zero-order valence-electron chi connectivity index (χ0n) is 13.0. The Kier molecular flexibility index (Phi) is 5.14. The van der Waals surface area contributed by atoms with Crippen molar-refractivity contribution < 1.29 is 13.9 Å². The van der Waals surface area contributed by atoms with Crippen LogP contribution in [0.25, 0.3) is 0 Å². The van der Waals surface area contributed by atoms with Crippen molar-refractivity contribution >= 4 is 5.91 Å². The first-order valence-corrected chi connectivity index (χ1v) is 7.21. The molecule has 0 aliphatic rings. The molecule has 0 saturated heterocycles. The fourth-order valence-electron chi connectivity index (χ4n) is 2.11. The van der Waals surface area contributed by atoms with Gasteiger partial charge in [-0.1, -0.05) is 19.1 Å². The van der Waals surface area contributed by atoms with Gasteiger partial charge in [0.05, 0.1) is 17.8 Å².